The molecule has 1 heterocycles. The third-order valence-electron chi connectivity index (χ3n) is 6.17. The Hall–Kier alpha value is -4.04. The molecule has 0 aliphatic carbocycles. The van der Waals surface area contributed by atoms with Crippen LogP contribution in [0.2, 0.25) is 0 Å². The standard InChI is InChI=1S/C29H29F2N3O3/c1-3-37-27-7-5-4-6-21(27)18-8-10-22(24(31)15-18)28-23(12-13-32)26(33-17(2)29(35)36)16-19-14-20(30)9-11-25(19)34-28/h4-11,14-15,17,33H,3,12-13,16,32H2,1-2H3,(H,35,36)/t17-/m1/s1. The van der Waals surface area contributed by atoms with Crippen LogP contribution in [0.1, 0.15) is 31.4 Å². The molecule has 0 saturated carbocycles. The largest absolute Gasteiger partial charge is 0.493 e. The maximum Gasteiger partial charge on any atom is 0.325 e. The van der Waals surface area contributed by atoms with Gasteiger partial charge in [0.25, 0.3) is 0 Å². The number of hydrogen-bond donors (Lipinski definition) is 3. The van der Waals surface area contributed by atoms with Gasteiger partial charge in [-0.15, -0.1) is 0 Å². The van der Waals surface area contributed by atoms with Crippen LogP contribution < -0.4 is 15.8 Å². The fraction of sp³-hybridized carbons (Fsp3) is 0.241. The number of benzene rings is 3. The fourth-order valence-corrected chi connectivity index (χ4v) is 4.39. The van der Waals surface area contributed by atoms with Gasteiger partial charge in [0.05, 0.1) is 18.0 Å². The summed E-state index contributed by atoms with van der Waals surface area (Å²) in [5.74, 6) is -1.34. The molecule has 37 heavy (non-hydrogen) atoms. The minimum atomic E-state index is -1.05. The SMILES string of the molecule is CCOc1ccccc1-c1ccc(C2=Nc3ccc(F)cc3CC(N[C@H](C)C(=O)O)=C2CCN)c(F)c1. The summed E-state index contributed by atoms with van der Waals surface area (Å²) in [6, 6.07) is 15.6. The van der Waals surface area contributed by atoms with Gasteiger partial charge < -0.3 is 20.9 Å². The zero-order valence-electron chi connectivity index (χ0n) is 20.7. The quantitative estimate of drug-likeness (QED) is 0.363. The lowest BCUT2D eigenvalue weighted by Crippen LogP contribution is -2.35. The van der Waals surface area contributed by atoms with E-state index in [-0.39, 0.29) is 18.5 Å². The fourth-order valence-electron chi connectivity index (χ4n) is 4.39. The first-order chi connectivity index (χ1) is 17.8. The number of hydrogen-bond acceptors (Lipinski definition) is 5. The number of nitrogens with zero attached hydrogens (tertiary/aromatic N) is 1. The summed E-state index contributed by atoms with van der Waals surface area (Å²) in [5, 5.41) is 12.5. The summed E-state index contributed by atoms with van der Waals surface area (Å²) < 4.78 is 35.6. The van der Waals surface area contributed by atoms with E-state index >= 15 is 4.39 Å². The molecule has 0 fully saturated rings. The third kappa shape index (κ3) is 5.70. The zero-order valence-corrected chi connectivity index (χ0v) is 20.7. The van der Waals surface area contributed by atoms with Gasteiger partial charge in [0.2, 0.25) is 0 Å². The van der Waals surface area contributed by atoms with E-state index in [1.54, 1.807) is 18.2 Å². The first-order valence-electron chi connectivity index (χ1n) is 12.1. The van der Waals surface area contributed by atoms with Crippen LogP contribution >= 0.6 is 0 Å². The lowest BCUT2D eigenvalue weighted by molar-refractivity contribution is -0.138. The monoisotopic (exact) mass is 505 g/mol. The van der Waals surface area contributed by atoms with Crippen molar-refractivity contribution < 1.29 is 23.4 Å². The number of carbonyl (C=O) groups is 1. The number of carboxylic acid groups (broad SMARTS) is 1. The average molecular weight is 506 g/mol. The van der Waals surface area contributed by atoms with E-state index in [2.05, 4.69) is 5.32 Å². The molecule has 0 saturated heterocycles. The predicted molar refractivity (Wildman–Crippen MR) is 140 cm³/mol. The lowest BCUT2D eigenvalue weighted by atomic mass is 9.93. The summed E-state index contributed by atoms with van der Waals surface area (Å²) in [6.45, 7) is 4.10. The number of rotatable bonds is 9. The van der Waals surface area contributed by atoms with Crippen molar-refractivity contribution >= 4 is 17.4 Å². The summed E-state index contributed by atoms with van der Waals surface area (Å²) in [4.78, 5) is 16.4. The second-order valence-electron chi connectivity index (χ2n) is 8.73. The highest BCUT2D eigenvalue weighted by molar-refractivity contribution is 6.15. The van der Waals surface area contributed by atoms with Crippen LogP contribution in [-0.4, -0.2) is 36.0 Å². The molecule has 0 aromatic heterocycles. The Balaban J connectivity index is 1.88. The molecule has 0 unspecified atom stereocenters. The van der Waals surface area contributed by atoms with Gasteiger partial charge in [-0.05, 0) is 79.9 Å². The third-order valence-corrected chi connectivity index (χ3v) is 6.17. The highest BCUT2D eigenvalue weighted by Gasteiger charge is 2.25. The Labute approximate surface area is 214 Å². The molecule has 3 aromatic rings. The second-order valence-corrected chi connectivity index (χ2v) is 8.73. The summed E-state index contributed by atoms with van der Waals surface area (Å²) in [7, 11) is 0. The molecule has 1 aliphatic heterocycles. The van der Waals surface area contributed by atoms with Gasteiger partial charge in [0.1, 0.15) is 23.4 Å². The molecule has 0 radical (unpaired) electrons. The Morgan fingerprint density at radius 1 is 1.14 bits per heavy atom. The number of nitrogens with two attached hydrogens (primary N) is 1. The summed E-state index contributed by atoms with van der Waals surface area (Å²) in [5.41, 5.74) is 10.0. The van der Waals surface area contributed by atoms with E-state index in [4.69, 9.17) is 15.5 Å². The minimum absolute atomic E-state index is 0.203. The summed E-state index contributed by atoms with van der Waals surface area (Å²) >= 11 is 0. The molecule has 1 atom stereocenters. The van der Waals surface area contributed by atoms with Crippen molar-refractivity contribution in [3.63, 3.8) is 0 Å². The van der Waals surface area contributed by atoms with Gasteiger partial charge in [0.15, 0.2) is 0 Å². The second kappa shape index (κ2) is 11.3. The molecular formula is C29H29F2N3O3. The van der Waals surface area contributed by atoms with E-state index in [9.17, 15) is 14.3 Å². The van der Waals surface area contributed by atoms with Crippen molar-refractivity contribution in [1.29, 1.82) is 0 Å². The smallest absolute Gasteiger partial charge is 0.325 e. The van der Waals surface area contributed by atoms with Crippen molar-refractivity contribution in [1.82, 2.24) is 5.32 Å². The number of halogens is 2. The van der Waals surface area contributed by atoms with Crippen LogP contribution in [0.5, 0.6) is 5.75 Å². The first kappa shape index (κ1) is 26.0. The maximum absolute atomic E-state index is 15.8. The molecule has 1 aliphatic rings. The van der Waals surface area contributed by atoms with Gasteiger partial charge >= 0.3 is 5.97 Å². The van der Waals surface area contributed by atoms with Gasteiger partial charge in [0, 0.05) is 23.2 Å². The number of para-hydroxylation sites is 1. The first-order valence-corrected chi connectivity index (χ1v) is 12.1. The Bertz CT molecular complexity index is 1380. The number of allylic oxidation sites excluding steroid dienone is 1. The van der Waals surface area contributed by atoms with E-state index in [1.807, 2.05) is 31.2 Å². The number of ether oxygens (including phenoxy) is 1. The molecule has 8 heteroatoms. The van der Waals surface area contributed by atoms with E-state index in [0.717, 1.165) is 5.56 Å². The molecule has 4 N–H and O–H groups in total. The van der Waals surface area contributed by atoms with Crippen LogP contribution in [0.25, 0.3) is 11.1 Å². The van der Waals surface area contributed by atoms with Crippen molar-refractivity contribution in [3.05, 3.63) is 94.7 Å². The van der Waals surface area contributed by atoms with Crippen molar-refractivity contribution in [2.75, 3.05) is 13.2 Å². The van der Waals surface area contributed by atoms with Crippen molar-refractivity contribution in [2.24, 2.45) is 10.7 Å². The summed E-state index contributed by atoms with van der Waals surface area (Å²) in [6.07, 6.45) is 0.521. The number of fused-ring (bicyclic) bond motifs is 1. The Kier molecular flexibility index (Phi) is 7.98. The molecule has 0 bridgehead atoms. The van der Waals surface area contributed by atoms with Gasteiger partial charge in [-0.3, -0.25) is 4.79 Å². The highest BCUT2D eigenvalue weighted by Crippen LogP contribution is 2.35. The zero-order chi connectivity index (χ0) is 26.5. The van der Waals surface area contributed by atoms with Crippen LogP contribution in [-0.2, 0) is 11.2 Å². The normalized spacial score (nSPS) is 13.9. The van der Waals surface area contributed by atoms with Crippen LogP contribution in [0.15, 0.2) is 76.9 Å². The number of carboxylic acids is 1. The molecule has 192 valence electrons. The number of nitrogens with one attached hydrogen (secondary N) is 1. The van der Waals surface area contributed by atoms with Gasteiger partial charge in [-0.1, -0.05) is 24.3 Å². The maximum atomic E-state index is 15.8. The molecule has 4 rings (SSSR count). The Morgan fingerprint density at radius 3 is 2.62 bits per heavy atom. The topological polar surface area (TPSA) is 96.9 Å². The average Bonchev–Trinajstić information content (AvgIpc) is 3.01. The highest BCUT2D eigenvalue weighted by atomic mass is 19.1. The molecule has 3 aromatic carbocycles. The van der Waals surface area contributed by atoms with Crippen LogP contribution in [0, 0.1) is 11.6 Å². The lowest BCUT2D eigenvalue weighted by Gasteiger charge is -2.20. The Morgan fingerprint density at radius 2 is 1.92 bits per heavy atom. The van der Waals surface area contributed by atoms with Crippen molar-refractivity contribution in [2.45, 2.75) is 32.7 Å². The van der Waals surface area contributed by atoms with E-state index in [1.165, 1.54) is 25.1 Å². The van der Waals surface area contributed by atoms with E-state index in [0.29, 0.717) is 52.6 Å². The van der Waals surface area contributed by atoms with Crippen LogP contribution in [0.3, 0.4) is 0 Å². The number of aliphatic carboxylic acids is 1. The molecular weight excluding hydrogens is 476 g/mol. The van der Waals surface area contributed by atoms with Crippen molar-refractivity contribution in [3.8, 4) is 16.9 Å². The molecule has 6 nitrogen and oxygen atoms in total. The molecule has 0 amide bonds. The minimum Gasteiger partial charge on any atom is -0.493 e. The van der Waals surface area contributed by atoms with Gasteiger partial charge in [-0.25, -0.2) is 13.8 Å². The van der Waals surface area contributed by atoms with Crippen LogP contribution in [0.4, 0.5) is 14.5 Å². The predicted octanol–water partition coefficient (Wildman–Crippen LogP) is 5.37. The van der Waals surface area contributed by atoms with Gasteiger partial charge in [-0.2, -0.15) is 0 Å². The molecule has 0 spiro atoms. The number of aliphatic imine (C=N–C) groups is 1. The van der Waals surface area contributed by atoms with E-state index < -0.39 is 23.6 Å².